The standard InChI is InChI=1S/C23H21Cl3N2O5S/c1-14-4-8-21(33-3)22(10-14)34(30,31)28(16-6-7-17(25)18(26)12-16)13-23(29)27-19-11-15(24)5-9-20(19)32-2/h4-12H,13H2,1-3H3,(H,27,29). The third kappa shape index (κ3) is 5.70. The molecule has 0 bridgehead atoms. The zero-order chi connectivity index (χ0) is 25.0. The fourth-order valence-corrected chi connectivity index (χ4v) is 5.28. The van der Waals surface area contributed by atoms with E-state index in [1.807, 2.05) is 0 Å². The van der Waals surface area contributed by atoms with Crippen LogP contribution in [0.1, 0.15) is 5.56 Å². The number of ether oxygens (including phenoxy) is 2. The topological polar surface area (TPSA) is 84.9 Å². The summed E-state index contributed by atoms with van der Waals surface area (Å²) in [6, 6.07) is 13.7. The van der Waals surface area contributed by atoms with Gasteiger partial charge in [0.2, 0.25) is 5.91 Å². The Morgan fingerprint density at radius 1 is 0.912 bits per heavy atom. The number of hydrogen-bond donors (Lipinski definition) is 1. The highest BCUT2D eigenvalue weighted by atomic mass is 35.5. The van der Waals surface area contributed by atoms with Gasteiger partial charge in [-0.05, 0) is 61.0 Å². The molecule has 0 saturated heterocycles. The van der Waals surface area contributed by atoms with E-state index in [0.717, 1.165) is 4.31 Å². The summed E-state index contributed by atoms with van der Waals surface area (Å²) in [7, 11) is -1.47. The van der Waals surface area contributed by atoms with Crippen LogP contribution in [0.4, 0.5) is 11.4 Å². The largest absolute Gasteiger partial charge is 0.495 e. The van der Waals surface area contributed by atoms with Crippen molar-refractivity contribution >= 4 is 62.1 Å². The number of nitrogens with zero attached hydrogens (tertiary/aromatic N) is 1. The lowest BCUT2D eigenvalue weighted by Crippen LogP contribution is -2.38. The van der Waals surface area contributed by atoms with E-state index >= 15 is 0 Å². The molecule has 34 heavy (non-hydrogen) atoms. The average molecular weight is 544 g/mol. The van der Waals surface area contributed by atoms with Crippen LogP contribution in [0.2, 0.25) is 15.1 Å². The molecule has 1 N–H and O–H groups in total. The highest BCUT2D eigenvalue weighted by molar-refractivity contribution is 7.93. The number of halogens is 3. The van der Waals surface area contributed by atoms with E-state index in [9.17, 15) is 13.2 Å². The molecule has 3 rings (SSSR count). The van der Waals surface area contributed by atoms with Gasteiger partial charge < -0.3 is 14.8 Å². The summed E-state index contributed by atoms with van der Waals surface area (Å²) in [4.78, 5) is 12.9. The van der Waals surface area contributed by atoms with Crippen LogP contribution in [-0.2, 0) is 14.8 Å². The van der Waals surface area contributed by atoms with Crippen LogP contribution in [0.3, 0.4) is 0 Å². The van der Waals surface area contributed by atoms with E-state index in [1.165, 1.54) is 44.6 Å². The SMILES string of the molecule is COc1ccc(Cl)cc1NC(=O)CN(c1ccc(Cl)c(Cl)c1)S(=O)(=O)c1cc(C)ccc1OC. The predicted molar refractivity (Wildman–Crippen MR) is 135 cm³/mol. The highest BCUT2D eigenvalue weighted by Gasteiger charge is 2.31. The molecule has 0 spiro atoms. The average Bonchev–Trinajstić information content (AvgIpc) is 2.79. The van der Waals surface area contributed by atoms with Gasteiger partial charge >= 0.3 is 0 Å². The van der Waals surface area contributed by atoms with E-state index in [-0.39, 0.29) is 26.4 Å². The number of carbonyl (C=O) groups is 1. The van der Waals surface area contributed by atoms with Gasteiger partial charge in [-0.2, -0.15) is 0 Å². The zero-order valence-electron chi connectivity index (χ0n) is 18.4. The number of hydrogen-bond acceptors (Lipinski definition) is 5. The number of carbonyl (C=O) groups excluding carboxylic acids is 1. The molecule has 1 amide bonds. The minimum Gasteiger partial charge on any atom is -0.495 e. The molecule has 0 aromatic heterocycles. The van der Waals surface area contributed by atoms with Gasteiger partial charge in [-0.1, -0.05) is 40.9 Å². The second-order valence-electron chi connectivity index (χ2n) is 7.16. The smallest absolute Gasteiger partial charge is 0.268 e. The normalized spacial score (nSPS) is 11.1. The van der Waals surface area contributed by atoms with Gasteiger partial charge in [0.15, 0.2) is 0 Å². The molecule has 0 aliphatic rings. The van der Waals surface area contributed by atoms with Crippen molar-refractivity contribution in [3.8, 4) is 11.5 Å². The second-order valence-corrected chi connectivity index (χ2v) is 10.2. The Morgan fingerprint density at radius 2 is 1.59 bits per heavy atom. The first-order chi connectivity index (χ1) is 16.1. The van der Waals surface area contributed by atoms with Crippen LogP contribution in [0, 0.1) is 6.92 Å². The highest BCUT2D eigenvalue weighted by Crippen LogP contribution is 2.34. The first-order valence-electron chi connectivity index (χ1n) is 9.82. The van der Waals surface area contributed by atoms with Crippen LogP contribution in [0.25, 0.3) is 0 Å². The molecule has 0 heterocycles. The van der Waals surface area contributed by atoms with E-state index in [2.05, 4.69) is 5.32 Å². The van der Waals surface area contributed by atoms with Crippen molar-refractivity contribution in [1.29, 1.82) is 0 Å². The van der Waals surface area contributed by atoms with E-state index in [0.29, 0.717) is 22.0 Å². The van der Waals surface area contributed by atoms with Crippen LogP contribution in [-0.4, -0.2) is 35.1 Å². The summed E-state index contributed by atoms with van der Waals surface area (Å²) >= 11 is 18.2. The Bertz CT molecular complexity index is 1330. The number of benzene rings is 3. The van der Waals surface area contributed by atoms with Gasteiger partial charge in [-0.3, -0.25) is 9.10 Å². The fraction of sp³-hybridized carbons (Fsp3) is 0.174. The van der Waals surface area contributed by atoms with Crippen molar-refractivity contribution in [3.05, 3.63) is 75.2 Å². The molecule has 180 valence electrons. The molecular weight excluding hydrogens is 523 g/mol. The van der Waals surface area contributed by atoms with Crippen molar-refractivity contribution in [1.82, 2.24) is 0 Å². The molecule has 0 aliphatic heterocycles. The van der Waals surface area contributed by atoms with E-state index in [4.69, 9.17) is 44.3 Å². The third-order valence-electron chi connectivity index (χ3n) is 4.80. The molecule has 0 saturated carbocycles. The number of methoxy groups -OCH3 is 2. The molecule has 0 radical (unpaired) electrons. The molecule has 0 aliphatic carbocycles. The number of sulfonamides is 1. The summed E-state index contributed by atoms with van der Waals surface area (Å²) in [5.41, 5.74) is 1.13. The lowest BCUT2D eigenvalue weighted by atomic mass is 10.2. The summed E-state index contributed by atoms with van der Waals surface area (Å²) in [5.74, 6) is -0.142. The van der Waals surface area contributed by atoms with Gasteiger partial charge in [0.05, 0.1) is 35.6 Å². The summed E-state index contributed by atoms with van der Waals surface area (Å²) in [6.07, 6.45) is 0. The molecular formula is C23H21Cl3N2O5S. The summed E-state index contributed by atoms with van der Waals surface area (Å²) in [5, 5.41) is 3.39. The number of aryl methyl sites for hydroxylation is 1. The Labute approximate surface area is 213 Å². The molecule has 11 heteroatoms. The van der Waals surface area contributed by atoms with Crippen molar-refractivity contribution in [2.24, 2.45) is 0 Å². The van der Waals surface area contributed by atoms with Crippen molar-refractivity contribution < 1.29 is 22.7 Å². The molecule has 0 fully saturated rings. The van der Waals surface area contributed by atoms with Crippen LogP contribution >= 0.6 is 34.8 Å². The van der Waals surface area contributed by atoms with Gasteiger partial charge in [0.1, 0.15) is 22.9 Å². The van der Waals surface area contributed by atoms with Gasteiger partial charge in [0.25, 0.3) is 10.0 Å². The van der Waals surface area contributed by atoms with E-state index < -0.39 is 22.5 Å². The Balaban J connectivity index is 2.06. The number of nitrogens with one attached hydrogen (secondary N) is 1. The third-order valence-corrected chi connectivity index (χ3v) is 7.57. The van der Waals surface area contributed by atoms with Crippen LogP contribution in [0.15, 0.2) is 59.5 Å². The van der Waals surface area contributed by atoms with Gasteiger partial charge in [-0.15, -0.1) is 0 Å². The Kier molecular flexibility index (Phi) is 8.20. The lowest BCUT2D eigenvalue weighted by Gasteiger charge is -2.25. The Morgan fingerprint density at radius 3 is 2.24 bits per heavy atom. The maximum Gasteiger partial charge on any atom is 0.268 e. The van der Waals surface area contributed by atoms with Crippen molar-refractivity contribution in [2.45, 2.75) is 11.8 Å². The van der Waals surface area contributed by atoms with E-state index in [1.54, 1.807) is 31.2 Å². The molecule has 0 unspecified atom stereocenters. The van der Waals surface area contributed by atoms with Gasteiger partial charge in [0, 0.05) is 5.02 Å². The minimum absolute atomic E-state index is 0.103. The van der Waals surface area contributed by atoms with Gasteiger partial charge in [-0.25, -0.2) is 8.42 Å². The number of amides is 1. The first-order valence-corrected chi connectivity index (χ1v) is 12.4. The first kappa shape index (κ1) is 26.0. The number of rotatable bonds is 8. The molecule has 3 aromatic carbocycles. The van der Waals surface area contributed by atoms with Crippen LogP contribution in [0.5, 0.6) is 11.5 Å². The molecule has 7 nitrogen and oxygen atoms in total. The minimum atomic E-state index is -4.27. The summed E-state index contributed by atoms with van der Waals surface area (Å²) in [6.45, 7) is 1.17. The maximum atomic E-state index is 13.8. The molecule has 3 aromatic rings. The fourth-order valence-electron chi connectivity index (χ4n) is 3.16. The van der Waals surface area contributed by atoms with Crippen molar-refractivity contribution in [2.75, 3.05) is 30.4 Å². The second kappa shape index (κ2) is 10.7. The molecule has 0 atom stereocenters. The monoisotopic (exact) mass is 542 g/mol. The maximum absolute atomic E-state index is 13.8. The zero-order valence-corrected chi connectivity index (χ0v) is 21.5. The summed E-state index contributed by atoms with van der Waals surface area (Å²) < 4.78 is 39.0. The van der Waals surface area contributed by atoms with Crippen molar-refractivity contribution in [3.63, 3.8) is 0 Å². The quantitative estimate of drug-likeness (QED) is 0.388. The van der Waals surface area contributed by atoms with Crippen LogP contribution < -0.4 is 19.1 Å². The number of anilines is 2. The predicted octanol–water partition coefficient (Wildman–Crippen LogP) is 5.81. The lowest BCUT2D eigenvalue weighted by molar-refractivity contribution is -0.114. The Hall–Kier alpha value is -2.65.